The summed E-state index contributed by atoms with van der Waals surface area (Å²) in [6.07, 6.45) is 2.31. The van der Waals surface area contributed by atoms with E-state index in [2.05, 4.69) is 10.2 Å². The number of methoxy groups -OCH3 is 1. The first-order valence-corrected chi connectivity index (χ1v) is 7.01. The van der Waals surface area contributed by atoms with Crippen molar-refractivity contribution >= 4 is 11.6 Å². The summed E-state index contributed by atoms with van der Waals surface area (Å²) in [4.78, 5) is 13.5. The second kappa shape index (κ2) is 9.20. The van der Waals surface area contributed by atoms with E-state index in [0.29, 0.717) is 13.0 Å². The third-order valence-electron chi connectivity index (χ3n) is 3.18. The van der Waals surface area contributed by atoms with Gasteiger partial charge >= 0.3 is 0 Å². The first-order chi connectivity index (χ1) is 9.71. The number of nitrogens with zero attached hydrogens (tertiary/aromatic N) is 1. The first kappa shape index (κ1) is 16.3. The normalized spacial score (nSPS) is 10.2. The summed E-state index contributed by atoms with van der Waals surface area (Å²) in [6.45, 7) is 2.42. The number of hydrogen-bond donors (Lipinski definition) is 2. The van der Waals surface area contributed by atoms with Crippen LogP contribution in [0.4, 0.5) is 5.69 Å². The van der Waals surface area contributed by atoms with E-state index in [1.165, 1.54) is 0 Å². The van der Waals surface area contributed by atoms with Gasteiger partial charge in [-0.05, 0) is 43.7 Å². The van der Waals surface area contributed by atoms with Crippen LogP contribution < -0.4 is 20.7 Å². The van der Waals surface area contributed by atoms with Gasteiger partial charge in [0.25, 0.3) is 0 Å². The summed E-state index contributed by atoms with van der Waals surface area (Å²) in [7, 11) is 3.32. The fourth-order valence-electron chi connectivity index (χ4n) is 2.00. The van der Waals surface area contributed by atoms with E-state index >= 15 is 0 Å². The Balaban J connectivity index is 2.59. The molecular weight excluding hydrogens is 254 g/mol. The molecule has 0 atom stereocenters. The van der Waals surface area contributed by atoms with Gasteiger partial charge < -0.3 is 20.7 Å². The molecule has 0 fully saturated rings. The topological polar surface area (TPSA) is 67.6 Å². The molecule has 20 heavy (non-hydrogen) atoms. The average molecular weight is 279 g/mol. The largest absolute Gasteiger partial charge is 0.497 e. The molecule has 0 aromatic heterocycles. The highest BCUT2D eigenvalue weighted by Gasteiger charge is 2.07. The molecule has 0 saturated carbocycles. The van der Waals surface area contributed by atoms with Crippen molar-refractivity contribution in [1.29, 1.82) is 0 Å². The predicted octanol–water partition coefficient (Wildman–Crippen LogP) is 1.38. The average Bonchev–Trinajstić information content (AvgIpc) is 2.50. The van der Waals surface area contributed by atoms with Crippen molar-refractivity contribution in [1.82, 2.24) is 5.32 Å². The van der Waals surface area contributed by atoms with E-state index in [4.69, 9.17) is 10.5 Å². The molecule has 1 aromatic rings. The van der Waals surface area contributed by atoms with Crippen LogP contribution in [0.15, 0.2) is 24.3 Å². The lowest BCUT2D eigenvalue weighted by Crippen LogP contribution is -2.28. The second-order valence-electron chi connectivity index (χ2n) is 4.60. The van der Waals surface area contributed by atoms with Crippen LogP contribution in [0.3, 0.4) is 0 Å². The van der Waals surface area contributed by atoms with Crippen molar-refractivity contribution in [2.24, 2.45) is 5.73 Å². The van der Waals surface area contributed by atoms with Crippen molar-refractivity contribution in [3.05, 3.63) is 24.3 Å². The van der Waals surface area contributed by atoms with Crippen molar-refractivity contribution in [2.45, 2.75) is 19.3 Å². The SMILES string of the molecule is CNC(=O)CCCN(CCCN)c1ccc(OC)cc1. The Kier molecular flexibility index (Phi) is 7.50. The third kappa shape index (κ3) is 5.48. The maximum Gasteiger partial charge on any atom is 0.219 e. The van der Waals surface area contributed by atoms with Gasteiger partial charge in [-0.3, -0.25) is 4.79 Å². The quantitative estimate of drug-likeness (QED) is 0.716. The monoisotopic (exact) mass is 279 g/mol. The molecule has 0 radical (unpaired) electrons. The molecule has 0 bridgehead atoms. The van der Waals surface area contributed by atoms with Gasteiger partial charge in [0.1, 0.15) is 5.75 Å². The number of nitrogens with two attached hydrogens (primary N) is 1. The molecule has 0 unspecified atom stereocenters. The van der Waals surface area contributed by atoms with Crippen molar-refractivity contribution in [3.8, 4) is 5.75 Å². The Morgan fingerprint density at radius 3 is 2.45 bits per heavy atom. The van der Waals surface area contributed by atoms with Gasteiger partial charge in [-0.25, -0.2) is 0 Å². The van der Waals surface area contributed by atoms with Crippen LogP contribution in [0, 0.1) is 0 Å². The highest BCUT2D eigenvalue weighted by Crippen LogP contribution is 2.19. The Morgan fingerprint density at radius 1 is 1.25 bits per heavy atom. The standard InChI is InChI=1S/C15H25N3O2/c1-17-15(19)5-3-11-18(12-4-10-16)13-6-8-14(20-2)9-7-13/h6-9H,3-5,10-12,16H2,1-2H3,(H,17,19). The van der Waals surface area contributed by atoms with E-state index in [9.17, 15) is 4.79 Å². The van der Waals surface area contributed by atoms with Gasteiger partial charge in [-0.1, -0.05) is 0 Å². The van der Waals surface area contributed by atoms with Crippen molar-refractivity contribution in [3.63, 3.8) is 0 Å². The van der Waals surface area contributed by atoms with E-state index < -0.39 is 0 Å². The maximum atomic E-state index is 11.3. The minimum Gasteiger partial charge on any atom is -0.497 e. The van der Waals surface area contributed by atoms with Gasteiger partial charge in [0.15, 0.2) is 0 Å². The lowest BCUT2D eigenvalue weighted by Gasteiger charge is -2.24. The minimum absolute atomic E-state index is 0.0819. The summed E-state index contributed by atoms with van der Waals surface area (Å²) in [6, 6.07) is 7.97. The molecule has 1 aromatic carbocycles. The van der Waals surface area contributed by atoms with Crippen molar-refractivity contribution in [2.75, 3.05) is 38.7 Å². The molecule has 3 N–H and O–H groups in total. The maximum absolute atomic E-state index is 11.3. The van der Waals surface area contributed by atoms with Crippen molar-refractivity contribution < 1.29 is 9.53 Å². The number of ether oxygens (including phenoxy) is 1. The molecule has 5 nitrogen and oxygen atoms in total. The molecule has 112 valence electrons. The fraction of sp³-hybridized carbons (Fsp3) is 0.533. The smallest absolute Gasteiger partial charge is 0.219 e. The number of carbonyl (C=O) groups is 1. The number of benzene rings is 1. The Hall–Kier alpha value is -1.75. The fourth-order valence-corrected chi connectivity index (χ4v) is 2.00. The predicted molar refractivity (Wildman–Crippen MR) is 82.2 cm³/mol. The molecule has 0 aliphatic rings. The van der Waals surface area contributed by atoms with Crippen LogP contribution >= 0.6 is 0 Å². The van der Waals surface area contributed by atoms with Gasteiger partial charge in [-0.2, -0.15) is 0 Å². The molecule has 0 saturated heterocycles. The molecule has 0 aliphatic heterocycles. The number of anilines is 1. The number of hydrogen-bond acceptors (Lipinski definition) is 4. The van der Waals surface area contributed by atoms with Gasteiger partial charge in [0.2, 0.25) is 5.91 Å². The van der Waals surface area contributed by atoms with Gasteiger partial charge in [0, 0.05) is 32.2 Å². The van der Waals surface area contributed by atoms with E-state index in [-0.39, 0.29) is 5.91 Å². The van der Waals surface area contributed by atoms with Crippen LogP contribution in [0.5, 0.6) is 5.75 Å². The van der Waals surface area contributed by atoms with E-state index in [1.54, 1.807) is 14.2 Å². The van der Waals surface area contributed by atoms with Crippen LogP contribution in [0.2, 0.25) is 0 Å². The van der Waals surface area contributed by atoms with Gasteiger partial charge in [0.05, 0.1) is 7.11 Å². The number of rotatable bonds is 9. The zero-order valence-electron chi connectivity index (χ0n) is 12.4. The zero-order chi connectivity index (χ0) is 14.8. The van der Waals surface area contributed by atoms with Crippen LogP contribution in [-0.4, -0.2) is 39.7 Å². The summed E-state index contributed by atoms with van der Waals surface area (Å²) in [5, 5.41) is 2.64. The van der Waals surface area contributed by atoms with Crippen LogP contribution in [0.1, 0.15) is 19.3 Å². The molecule has 5 heteroatoms. The summed E-state index contributed by atoms with van der Waals surface area (Å²) >= 11 is 0. The highest BCUT2D eigenvalue weighted by molar-refractivity contribution is 5.75. The van der Waals surface area contributed by atoms with Crippen LogP contribution in [-0.2, 0) is 4.79 Å². The molecular formula is C15H25N3O2. The minimum atomic E-state index is 0.0819. The summed E-state index contributed by atoms with van der Waals surface area (Å²) in [5.74, 6) is 0.927. The van der Waals surface area contributed by atoms with E-state index in [0.717, 1.165) is 37.4 Å². The molecule has 1 rings (SSSR count). The summed E-state index contributed by atoms with van der Waals surface area (Å²) in [5.41, 5.74) is 6.72. The molecule has 0 heterocycles. The number of nitrogens with one attached hydrogen (secondary N) is 1. The molecule has 0 spiro atoms. The summed E-state index contributed by atoms with van der Waals surface area (Å²) < 4.78 is 5.17. The Labute approximate surface area is 121 Å². The van der Waals surface area contributed by atoms with Crippen LogP contribution in [0.25, 0.3) is 0 Å². The lowest BCUT2D eigenvalue weighted by atomic mass is 10.2. The third-order valence-corrected chi connectivity index (χ3v) is 3.18. The Morgan fingerprint density at radius 2 is 1.90 bits per heavy atom. The molecule has 1 amide bonds. The first-order valence-electron chi connectivity index (χ1n) is 7.01. The van der Waals surface area contributed by atoms with E-state index in [1.807, 2.05) is 24.3 Å². The van der Waals surface area contributed by atoms with Gasteiger partial charge in [-0.15, -0.1) is 0 Å². The lowest BCUT2D eigenvalue weighted by molar-refractivity contribution is -0.120. The second-order valence-corrected chi connectivity index (χ2v) is 4.60. The number of amides is 1. The highest BCUT2D eigenvalue weighted by atomic mass is 16.5. The Bertz CT molecular complexity index is 393. The number of carbonyl (C=O) groups excluding carboxylic acids is 1. The zero-order valence-corrected chi connectivity index (χ0v) is 12.4. The molecule has 0 aliphatic carbocycles.